The van der Waals surface area contributed by atoms with Crippen molar-refractivity contribution in [1.82, 2.24) is 0 Å². The standard InChI is InChI=1S/C22H24ClNO2/c1-15(21(25)24-18-8-6-17(23)7-9-18)16-10-12-22(13-11-16)14-26-20-5-3-2-4-19(20)22/h2-9,15-16H,10-14H2,1H3,(H,24,25)/t15-,16?,22?/m0/s1. The van der Waals surface area contributed by atoms with Crippen LogP contribution in [-0.2, 0) is 10.2 Å². The highest BCUT2D eigenvalue weighted by molar-refractivity contribution is 6.30. The Balaban J connectivity index is 1.38. The van der Waals surface area contributed by atoms with Crippen molar-refractivity contribution in [3.05, 3.63) is 59.1 Å². The van der Waals surface area contributed by atoms with Gasteiger partial charge in [-0.3, -0.25) is 4.79 Å². The Morgan fingerprint density at radius 3 is 2.58 bits per heavy atom. The number of hydrogen-bond donors (Lipinski definition) is 1. The normalized spacial score (nSPS) is 25.4. The van der Waals surface area contributed by atoms with Gasteiger partial charge in [-0.25, -0.2) is 0 Å². The molecule has 136 valence electrons. The van der Waals surface area contributed by atoms with Gasteiger partial charge in [-0.2, -0.15) is 0 Å². The van der Waals surface area contributed by atoms with E-state index in [2.05, 4.69) is 23.5 Å². The van der Waals surface area contributed by atoms with Crippen LogP contribution in [0.5, 0.6) is 5.75 Å². The monoisotopic (exact) mass is 369 g/mol. The first-order chi connectivity index (χ1) is 12.6. The maximum Gasteiger partial charge on any atom is 0.227 e. The van der Waals surface area contributed by atoms with Gasteiger partial charge in [0.15, 0.2) is 0 Å². The van der Waals surface area contributed by atoms with Crippen molar-refractivity contribution in [2.75, 3.05) is 11.9 Å². The van der Waals surface area contributed by atoms with Gasteiger partial charge in [-0.1, -0.05) is 36.7 Å². The van der Waals surface area contributed by atoms with Gasteiger partial charge in [0, 0.05) is 27.6 Å². The van der Waals surface area contributed by atoms with Crippen molar-refractivity contribution in [3.63, 3.8) is 0 Å². The van der Waals surface area contributed by atoms with Gasteiger partial charge in [0.25, 0.3) is 0 Å². The summed E-state index contributed by atoms with van der Waals surface area (Å²) in [7, 11) is 0. The number of ether oxygens (including phenoxy) is 1. The lowest BCUT2D eigenvalue weighted by atomic mass is 9.65. The Morgan fingerprint density at radius 2 is 1.85 bits per heavy atom. The zero-order valence-electron chi connectivity index (χ0n) is 15.0. The first kappa shape index (κ1) is 17.4. The van der Waals surface area contributed by atoms with Crippen LogP contribution in [0, 0.1) is 11.8 Å². The average Bonchev–Trinajstić information content (AvgIpc) is 3.02. The third-order valence-corrected chi connectivity index (χ3v) is 6.43. The molecule has 1 saturated carbocycles. The molecule has 0 unspecified atom stereocenters. The second-order valence-corrected chi connectivity index (χ2v) is 8.12. The Kier molecular flexibility index (Phi) is 4.66. The summed E-state index contributed by atoms with van der Waals surface area (Å²) < 4.78 is 5.93. The molecule has 0 bridgehead atoms. The Labute approximate surface area is 159 Å². The lowest BCUT2D eigenvalue weighted by Gasteiger charge is -2.38. The predicted octanol–water partition coefficient (Wildman–Crippen LogP) is 5.44. The number of hydrogen-bond acceptors (Lipinski definition) is 2. The van der Waals surface area contributed by atoms with Crippen LogP contribution in [0.25, 0.3) is 0 Å². The zero-order valence-corrected chi connectivity index (χ0v) is 15.8. The van der Waals surface area contributed by atoms with Crippen molar-refractivity contribution in [2.45, 2.75) is 38.0 Å². The fourth-order valence-corrected chi connectivity index (χ4v) is 4.56. The van der Waals surface area contributed by atoms with Crippen LogP contribution in [0.4, 0.5) is 5.69 Å². The summed E-state index contributed by atoms with van der Waals surface area (Å²) in [5.74, 6) is 1.55. The number of rotatable bonds is 3. The largest absolute Gasteiger partial charge is 0.492 e. The average molecular weight is 370 g/mol. The van der Waals surface area contributed by atoms with E-state index in [0.29, 0.717) is 10.9 Å². The minimum atomic E-state index is 0.000549. The summed E-state index contributed by atoms with van der Waals surface area (Å²) in [5, 5.41) is 3.69. The Hall–Kier alpha value is -2.00. The van der Waals surface area contributed by atoms with E-state index in [1.165, 1.54) is 5.56 Å². The molecule has 4 rings (SSSR count). The quantitative estimate of drug-likeness (QED) is 0.782. The third-order valence-electron chi connectivity index (χ3n) is 6.18. The predicted molar refractivity (Wildman–Crippen MR) is 105 cm³/mol. The van der Waals surface area contributed by atoms with Gasteiger partial charge < -0.3 is 10.1 Å². The SMILES string of the molecule is C[C@H](C(=O)Nc1ccc(Cl)cc1)C1CCC2(CC1)COc1ccccc12. The van der Waals surface area contributed by atoms with Crippen LogP contribution in [0.2, 0.25) is 5.02 Å². The van der Waals surface area contributed by atoms with Crippen molar-refractivity contribution in [3.8, 4) is 5.75 Å². The van der Waals surface area contributed by atoms with Crippen LogP contribution < -0.4 is 10.1 Å². The summed E-state index contributed by atoms with van der Waals surface area (Å²) in [6, 6.07) is 15.7. The second kappa shape index (κ2) is 6.96. The first-order valence-corrected chi connectivity index (χ1v) is 9.74. The molecule has 1 aliphatic carbocycles. The molecular weight excluding hydrogens is 346 g/mol. The number of para-hydroxylation sites is 1. The maximum absolute atomic E-state index is 12.6. The Morgan fingerprint density at radius 1 is 1.15 bits per heavy atom. The molecule has 1 aliphatic heterocycles. The molecule has 2 aromatic carbocycles. The molecule has 2 aliphatic rings. The molecule has 2 aromatic rings. The van der Waals surface area contributed by atoms with Crippen LogP contribution in [0.15, 0.2) is 48.5 Å². The highest BCUT2D eigenvalue weighted by atomic mass is 35.5. The lowest BCUT2D eigenvalue weighted by Crippen LogP contribution is -2.37. The molecule has 3 nitrogen and oxygen atoms in total. The number of amides is 1. The molecule has 1 amide bonds. The molecule has 0 aromatic heterocycles. The van der Waals surface area contributed by atoms with E-state index in [-0.39, 0.29) is 17.2 Å². The number of nitrogens with one attached hydrogen (secondary N) is 1. The van der Waals surface area contributed by atoms with E-state index in [1.807, 2.05) is 25.1 Å². The number of carbonyl (C=O) groups is 1. The second-order valence-electron chi connectivity index (χ2n) is 7.69. The first-order valence-electron chi connectivity index (χ1n) is 9.36. The van der Waals surface area contributed by atoms with Gasteiger partial charge in [0.05, 0.1) is 6.61 Å². The van der Waals surface area contributed by atoms with E-state index in [0.717, 1.165) is 43.7 Å². The number of benzene rings is 2. The van der Waals surface area contributed by atoms with E-state index < -0.39 is 0 Å². The van der Waals surface area contributed by atoms with E-state index >= 15 is 0 Å². The van der Waals surface area contributed by atoms with Gasteiger partial charge in [-0.15, -0.1) is 0 Å². The molecule has 1 heterocycles. The fraction of sp³-hybridized carbons (Fsp3) is 0.409. The molecule has 4 heteroatoms. The van der Waals surface area contributed by atoms with Crippen molar-refractivity contribution in [1.29, 1.82) is 0 Å². The Bertz CT molecular complexity index is 794. The van der Waals surface area contributed by atoms with E-state index in [9.17, 15) is 4.79 Å². The molecule has 26 heavy (non-hydrogen) atoms. The topological polar surface area (TPSA) is 38.3 Å². The minimum Gasteiger partial charge on any atom is -0.492 e. The summed E-state index contributed by atoms with van der Waals surface area (Å²) in [5.41, 5.74) is 2.31. The van der Waals surface area contributed by atoms with Crippen LogP contribution in [0.3, 0.4) is 0 Å². The number of fused-ring (bicyclic) bond motifs is 2. The third kappa shape index (κ3) is 3.21. The number of anilines is 1. The van der Waals surface area contributed by atoms with Crippen LogP contribution >= 0.6 is 11.6 Å². The van der Waals surface area contributed by atoms with Gasteiger partial charge in [-0.05, 0) is 61.9 Å². The van der Waals surface area contributed by atoms with Crippen molar-refractivity contribution >= 4 is 23.2 Å². The van der Waals surface area contributed by atoms with Crippen molar-refractivity contribution in [2.24, 2.45) is 11.8 Å². The molecule has 1 spiro atoms. The number of halogens is 1. The molecule has 1 fully saturated rings. The summed E-state index contributed by atoms with van der Waals surface area (Å²) in [4.78, 5) is 12.6. The lowest BCUT2D eigenvalue weighted by molar-refractivity contribution is -0.121. The maximum atomic E-state index is 12.6. The van der Waals surface area contributed by atoms with Crippen LogP contribution in [0.1, 0.15) is 38.2 Å². The highest BCUT2D eigenvalue weighted by Crippen LogP contribution is 2.50. The highest BCUT2D eigenvalue weighted by Gasteiger charge is 2.44. The zero-order chi connectivity index (χ0) is 18.1. The molecular formula is C22H24ClNO2. The minimum absolute atomic E-state index is 0.000549. The summed E-state index contributed by atoms with van der Waals surface area (Å²) >= 11 is 5.90. The number of carbonyl (C=O) groups excluding carboxylic acids is 1. The van der Waals surface area contributed by atoms with Crippen LogP contribution in [-0.4, -0.2) is 12.5 Å². The smallest absolute Gasteiger partial charge is 0.227 e. The van der Waals surface area contributed by atoms with E-state index in [1.54, 1.807) is 12.1 Å². The molecule has 0 saturated heterocycles. The van der Waals surface area contributed by atoms with Gasteiger partial charge in [0.1, 0.15) is 5.75 Å². The molecule has 1 N–H and O–H groups in total. The summed E-state index contributed by atoms with van der Waals surface area (Å²) in [6.45, 7) is 2.83. The summed E-state index contributed by atoms with van der Waals surface area (Å²) in [6.07, 6.45) is 4.31. The van der Waals surface area contributed by atoms with Crippen molar-refractivity contribution < 1.29 is 9.53 Å². The fourth-order valence-electron chi connectivity index (χ4n) is 4.43. The molecule has 0 radical (unpaired) electrons. The molecule has 1 atom stereocenters. The van der Waals surface area contributed by atoms with E-state index in [4.69, 9.17) is 16.3 Å². The van der Waals surface area contributed by atoms with Gasteiger partial charge >= 0.3 is 0 Å². The van der Waals surface area contributed by atoms with Gasteiger partial charge in [0.2, 0.25) is 5.91 Å².